The number of rotatable bonds is 4. The van der Waals surface area contributed by atoms with E-state index in [9.17, 15) is 8.78 Å². The van der Waals surface area contributed by atoms with Crippen molar-refractivity contribution in [3.8, 4) is 0 Å². The summed E-state index contributed by atoms with van der Waals surface area (Å²) in [6.07, 6.45) is 0.0808. The molecule has 2 nitrogen and oxygen atoms in total. The fraction of sp³-hybridized carbons (Fsp3) is 0.538. The van der Waals surface area contributed by atoms with Gasteiger partial charge in [-0.15, -0.1) is 0 Å². The summed E-state index contributed by atoms with van der Waals surface area (Å²) in [5, 5.41) is -3.36. The maximum Gasteiger partial charge on any atom is 0.338 e. The fourth-order valence-electron chi connectivity index (χ4n) is 1.65. The summed E-state index contributed by atoms with van der Waals surface area (Å²) in [6, 6.07) is 6.26. The zero-order valence-electron chi connectivity index (χ0n) is 10.8. The van der Waals surface area contributed by atoms with Crippen molar-refractivity contribution in [1.29, 1.82) is 0 Å². The number of hydrogen-bond donors (Lipinski definition) is 2. The van der Waals surface area contributed by atoms with Gasteiger partial charge in [0.1, 0.15) is 6.04 Å². The summed E-state index contributed by atoms with van der Waals surface area (Å²) in [4.78, 5) is 0. The van der Waals surface area contributed by atoms with Crippen LogP contribution in [0.25, 0.3) is 0 Å². The molecule has 18 heavy (non-hydrogen) atoms. The van der Waals surface area contributed by atoms with Crippen molar-refractivity contribution in [1.82, 2.24) is 5.43 Å². The highest BCUT2D eigenvalue weighted by Gasteiger charge is 2.36. The molecule has 1 unspecified atom stereocenters. The van der Waals surface area contributed by atoms with Crippen LogP contribution in [0.5, 0.6) is 0 Å². The van der Waals surface area contributed by atoms with Crippen LogP contribution in [-0.4, -0.2) is 11.4 Å². The number of benzene rings is 1. The molecule has 0 radical (unpaired) electrons. The quantitative estimate of drug-likeness (QED) is 0.504. The van der Waals surface area contributed by atoms with Gasteiger partial charge in [-0.2, -0.15) is 8.78 Å². The Balaban J connectivity index is 2.81. The number of halogens is 3. The molecule has 0 fully saturated rings. The first-order chi connectivity index (χ1) is 8.14. The Bertz CT molecular complexity index is 379. The van der Waals surface area contributed by atoms with Gasteiger partial charge in [0.15, 0.2) is 0 Å². The standard InChI is InChI=1S/C13H19ClF2N2/c1-12(2,3)10-6-4-9(5-7-10)8-11(18-17)13(14,15)16/h4-7,11,18H,8,17H2,1-3H3. The lowest BCUT2D eigenvalue weighted by Gasteiger charge is -2.22. The van der Waals surface area contributed by atoms with Crippen molar-refractivity contribution in [2.24, 2.45) is 5.84 Å². The molecule has 0 aliphatic carbocycles. The topological polar surface area (TPSA) is 38.0 Å². The van der Waals surface area contributed by atoms with E-state index in [-0.39, 0.29) is 11.8 Å². The Kier molecular flexibility index (Phi) is 4.70. The molecule has 0 saturated heterocycles. The third-order valence-corrected chi connectivity index (χ3v) is 3.12. The number of alkyl halides is 3. The van der Waals surface area contributed by atoms with E-state index in [1.807, 2.05) is 24.3 Å². The van der Waals surface area contributed by atoms with Crippen molar-refractivity contribution >= 4 is 11.6 Å². The third-order valence-electron chi connectivity index (χ3n) is 2.86. The van der Waals surface area contributed by atoms with Gasteiger partial charge in [-0.3, -0.25) is 5.84 Å². The molecule has 0 saturated carbocycles. The van der Waals surface area contributed by atoms with Crippen LogP contribution in [0.4, 0.5) is 8.78 Å². The van der Waals surface area contributed by atoms with Crippen LogP contribution in [0.15, 0.2) is 24.3 Å². The largest absolute Gasteiger partial charge is 0.338 e. The molecule has 0 spiro atoms. The van der Waals surface area contributed by atoms with Crippen molar-refractivity contribution in [2.75, 3.05) is 0 Å². The van der Waals surface area contributed by atoms with Crippen molar-refractivity contribution in [3.05, 3.63) is 35.4 Å². The van der Waals surface area contributed by atoms with Crippen LogP contribution < -0.4 is 11.3 Å². The molecule has 0 bridgehead atoms. The predicted molar refractivity (Wildman–Crippen MR) is 70.8 cm³/mol. The Morgan fingerprint density at radius 2 is 1.72 bits per heavy atom. The van der Waals surface area contributed by atoms with E-state index >= 15 is 0 Å². The van der Waals surface area contributed by atoms with Gasteiger partial charge in [0.2, 0.25) is 0 Å². The lowest BCUT2D eigenvalue weighted by Crippen LogP contribution is -2.46. The molecular formula is C13H19ClF2N2. The van der Waals surface area contributed by atoms with Crippen LogP contribution in [0.1, 0.15) is 31.9 Å². The van der Waals surface area contributed by atoms with Gasteiger partial charge in [-0.05, 0) is 34.6 Å². The molecule has 0 aliphatic heterocycles. The maximum atomic E-state index is 13.0. The summed E-state index contributed by atoms with van der Waals surface area (Å²) < 4.78 is 25.9. The Morgan fingerprint density at radius 1 is 1.22 bits per heavy atom. The second-order valence-corrected chi connectivity index (χ2v) is 5.92. The number of nitrogens with one attached hydrogen (secondary N) is 1. The molecule has 1 atom stereocenters. The number of hydrogen-bond acceptors (Lipinski definition) is 2. The van der Waals surface area contributed by atoms with Gasteiger partial charge >= 0.3 is 5.38 Å². The molecule has 3 N–H and O–H groups in total. The first-order valence-corrected chi connectivity index (χ1v) is 6.14. The van der Waals surface area contributed by atoms with Crippen LogP contribution in [0.3, 0.4) is 0 Å². The average molecular weight is 277 g/mol. The molecule has 102 valence electrons. The fourth-order valence-corrected chi connectivity index (χ4v) is 1.79. The lowest BCUT2D eigenvalue weighted by molar-refractivity contribution is 0.0503. The minimum Gasteiger partial charge on any atom is -0.271 e. The smallest absolute Gasteiger partial charge is 0.271 e. The summed E-state index contributed by atoms with van der Waals surface area (Å²) in [5.41, 5.74) is 4.02. The van der Waals surface area contributed by atoms with Crippen LogP contribution in [0, 0.1) is 0 Å². The molecule has 5 heteroatoms. The summed E-state index contributed by atoms with van der Waals surface area (Å²) in [5.74, 6) is 5.09. The van der Waals surface area contributed by atoms with E-state index in [0.29, 0.717) is 0 Å². The molecule has 0 heterocycles. The van der Waals surface area contributed by atoms with E-state index in [1.165, 1.54) is 0 Å². The zero-order chi connectivity index (χ0) is 14.0. The molecule has 0 aromatic heterocycles. The lowest BCUT2D eigenvalue weighted by atomic mass is 9.86. The van der Waals surface area contributed by atoms with E-state index < -0.39 is 11.4 Å². The average Bonchev–Trinajstić information content (AvgIpc) is 2.23. The minimum absolute atomic E-state index is 0.0421. The molecule has 1 aromatic carbocycles. The zero-order valence-corrected chi connectivity index (χ0v) is 11.6. The molecule has 1 aromatic rings. The Morgan fingerprint density at radius 3 is 2.06 bits per heavy atom. The van der Waals surface area contributed by atoms with E-state index in [0.717, 1.165) is 11.1 Å². The van der Waals surface area contributed by atoms with Gasteiger partial charge in [0.05, 0.1) is 0 Å². The summed E-state index contributed by atoms with van der Waals surface area (Å²) in [7, 11) is 0. The third kappa shape index (κ3) is 4.19. The van der Waals surface area contributed by atoms with Crippen molar-refractivity contribution < 1.29 is 8.78 Å². The second-order valence-electron chi connectivity index (χ2n) is 5.41. The maximum absolute atomic E-state index is 13.0. The first kappa shape index (κ1) is 15.3. The summed E-state index contributed by atoms with van der Waals surface area (Å²) >= 11 is 4.98. The molecule has 0 aliphatic rings. The highest BCUT2D eigenvalue weighted by atomic mass is 35.5. The van der Waals surface area contributed by atoms with Gasteiger partial charge < -0.3 is 0 Å². The van der Waals surface area contributed by atoms with Crippen molar-refractivity contribution in [2.45, 2.75) is 44.0 Å². The van der Waals surface area contributed by atoms with Crippen LogP contribution in [-0.2, 0) is 11.8 Å². The minimum atomic E-state index is -3.36. The van der Waals surface area contributed by atoms with E-state index in [1.54, 1.807) is 0 Å². The van der Waals surface area contributed by atoms with Gasteiger partial charge in [-0.1, -0.05) is 45.0 Å². The monoisotopic (exact) mass is 276 g/mol. The highest BCUT2D eigenvalue weighted by Crippen LogP contribution is 2.27. The van der Waals surface area contributed by atoms with Gasteiger partial charge in [0.25, 0.3) is 0 Å². The number of hydrazine groups is 1. The highest BCUT2D eigenvalue weighted by molar-refractivity contribution is 6.22. The van der Waals surface area contributed by atoms with Gasteiger partial charge in [-0.25, -0.2) is 5.43 Å². The SMILES string of the molecule is CC(C)(C)c1ccc(CC(NN)C(F)(F)Cl)cc1. The molecular weight excluding hydrogens is 258 g/mol. The normalized spacial score (nSPS) is 14.6. The predicted octanol–water partition coefficient (Wildman–Crippen LogP) is 3.19. The van der Waals surface area contributed by atoms with E-state index in [2.05, 4.69) is 26.2 Å². The summed E-state index contributed by atoms with van der Waals surface area (Å²) in [6.45, 7) is 6.29. The Labute approximate surface area is 111 Å². The first-order valence-electron chi connectivity index (χ1n) is 5.77. The molecule has 1 rings (SSSR count). The van der Waals surface area contributed by atoms with Crippen LogP contribution in [0.2, 0.25) is 0 Å². The molecule has 0 amide bonds. The van der Waals surface area contributed by atoms with Gasteiger partial charge in [0, 0.05) is 0 Å². The Hall–Kier alpha value is -0.710. The van der Waals surface area contributed by atoms with Crippen LogP contribution >= 0.6 is 11.6 Å². The second kappa shape index (κ2) is 5.51. The van der Waals surface area contributed by atoms with Crippen molar-refractivity contribution in [3.63, 3.8) is 0 Å². The number of nitrogens with two attached hydrogens (primary N) is 1. The van der Waals surface area contributed by atoms with E-state index in [4.69, 9.17) is 17.4 Å².